The average Bonchev–Trinajstić information content (AvgIpc) is 2.30. The molecule has 88 valence electrons. The van der Waals surface area contributed by atoms with Gasteiger partial charge in [0, 0.05) is 16.0 Å². The molecular formula is C12H9O4S-. The molecule has 4 nitrogen and oxygen atoms in total. The van der Waals surface area contributed by atoms with Crippen LogP contribution in [-0.2, 0) is 11.1 Å². The van der Waals surface area contributed by atoms with Gasteiger partial charge in [-0.3, -0.25) is 4.21 Å². The van der Waals surface area contributed by atoms with Crippen LogP contribution in [0.2, 0.25) is 0 Å². The summed E-state index contributed by atoms with van der Waals surface area (Å²) in [5.41, 5.74) is 0.392. The van der Waals surface area contributed by atoms with E-state index in [-0.39, 0.29) is 27.5 Å². The van der Waals surface area contributed by atoms with E-state index in [1.165, 1.54) is 24.3 Å². The first-order chi connectivity index (χ1) is 8.11. The van der Waals surface area contributed by atoms with Gasteiger partial charge in [0.25, 0.3) is 0 Å². The van der Waals surface area contributed by atoms with Gasteiger partial charge in [-0.15, -0.1) is 0 Å². The molecule has 0 saturated heterocycles. The molecule has 0 fully saturated rings. The zero-order valence-electron chi connectivity index (χ0n) is 8.66. The molecule has 0 saturated carbocycles. The maximum atomic E-state index is 11.1. The second-order valence-electron chi connectivity index (χ2n) is 3.40. The van der Waals surface area contributed by atoms with E-state index in [2.05, 4.69) is 0 Å². The van der Waals surface area contributed by atoms with Crippen molar-refractivity contribution in [1.29, 1.82) is 0 Å². The number of phenols is 2. The molecule has 0 aliphatic heterocycles. The Morgan fingerprint density at radius 1 is 0.941 bits per heavy atom. The Morgan fingerprint density at radius 2 is 1.59 bits per heavy atom. The molecule has 0 bridgehead atoms. The Balaban J connectivity index is 2.75. The molecule has 5 heteroatoms. The summed E-state index contributed by atoms with van der Waals surface area (Å²) in [6, 6.07) is 10.4. The van der Waals surface area contributed by atoms with E-state index in [0.717, 1.165) is 0 Å². The molecule has 2 rings (SSSR count). The normalized spacial score (nSPS) is 12.3. The largest absolute Gasteiger partial charge is 0.768 e. The van der Waals surface area contributed by atoms with Crippen molar-refractivity contribution in [1.82, 2.24) is 0 Å². The highest BCUT2D eigenvalue weighted by molar-refractivity contribution is 7.79. The van der Waals surface area contributed by atoms with Gasteiger partial charge in [-0.05, 0) is 29.3 Å². The van der Waals surface area contributed by atoms with Crippen molar-refractivity contribution in [2.24, 2.45) is 0 Å². The third-order valence-electron chi connectivity index (χ3n) is 2.36. The third kappa shape index (κ3) is 2.15. The maximum Gasteiger partial charge on any atom is 0.124 e. The molecule has 0 amide bonds. The summed E-state index contributed by atoms with van der Waals surface area (Å²) in [6.45, 7) is 0. The van der Waals surface area contributed by atoms with E-state index in [1.54, 1.807) is 18.2 Å². The number of phenolic OH excluding ortho intramolecular Hbond substituents is 2. The lowest BCUT2D eigenvalue weighted by Crippen LogP contribution is -1.93. The van der Waals surface area contributed by atoms with Crippen LogP contribution in [0.1, 0.15) is 0 Å². The zero-order valence-corrected chi connectivity index (χ0v) is 9.48. The number of rotatable bonds is 2. The van der Waals surface area contributed by atoms with Crippen LogP contribution in [0.5, 0.6) is 11.5 Å². The van der Waals surface area contributed by atoms with Gasteiger partial charge >= 0.3 is 0 Å². The summed E-state index contributed by atoms with van der Waals surface area (Å²) in [4.78, 5) is -0.0495. The Morgan fingerprint density at radius 3 is 2.24 bits per heavy atom. The van der Waals surface area contributed by atoms with Crippen molar-refractivity contribution in [2.45, 2.75) is 4.90 Å². The second-order valence-corrected chi connectivity index (χ2v) is 4.31. The number of para-hydroxylation sites is 1. The lowest BCUT2D eigenvalue weighted by atomic mass is 10.0. The maximum absolute atomic E-state index is 11.1. The van der Waals surface area contributed by atoms with Crippen molar-refractivity contribution in [3.8, 4) is 22.6 Å². The Hall–Kier alpha value is -1.85. The molecule has 0 heterocycles. The first-order valence-corrected chi connectivity index (χ1v) is 5.88. The molecule has 0 aliphatic carbocycles. The van der Waals surface area contributed by atoms with Gasteiger partial charge in [0.05, 0.1) is 0 Å². The molecule has 0 spiro atoms. The number of hydrogen-bond donors (Lipinski definition) is 2. The van der Waals surface area contributed by atoms with Crippen LogP contribution < -0.4 is 0 Å². The predicted molar refractivity (Wildman–Crippen MR) is 62.4 cm³/mol. The molecule has 1 unspecified atom stereocenters. The van der Waals surface area contributed by atoms with E-state index < -0.39 is 11.1 Å². The van der Waals surface area contributed by atoms with Gasteiger partial charge in [0.2, 0.25) is 0 Å². The standard InChI is InChI=1S/C12H10O4S/c13-9-5-2-1-4-8(9)12-10(14)6-3-7-11(12)17(15)16/h1-7,13-14H,(H,15,16)/p-1. The zero-order chi connectivity index (χ0) is 12.4. The highest BCUT2D eigenvalue weighted by Crippen LogP contribution is 2.38. The predicted octanol–water partition coefficient (Wildman–Crippen LogP) is 2.00. The van der Waals surface area contributed by atoms with Crippen molar-refractivity contribution in [2.75, 3.05) is 0 Å². The number of benzene rings is 2. The quantitative estimate of drug-likeness (QED) is 0.798. The molecule has 0 aliphatic rings. The van der Waals surface area contributed by atoms with Gasteiger partial charge in [-0.25, -0.2) is 0 Å². The van der Waals surface area contributed by atoms with Gasteiger partial charge in [0.1, 0.15) is 11.5 Å². The summed E-state index contributed by atoms with van der Waals surface area (Å²) in [6.07, 6.45) is 0. The summed E-state index contributed by atoms with van der Waals surface area (Å²) >= 11 is -2.48. The Bertz CT molecular complexity index is 580. The van der Waals surface area contributed by atoms with Crippen LogP contribution in [-0.4, -0.2) is 19.0 Å². The molecular weight excluding hydrogens is 240 g/mol. The molecule has 0 aromatic heterocycles. The van der Waals surface area contributed by atoms with Crippen LogP contribution >= 0.6 is 0 Å². The molecule has 2 aromatic rings. The number of aromatic hydroxyl groups is 2. The molecule has 0 radical (unpaired) electrons. The smallest absolute Gasteiger partial charge is 0.124 e. The fourth-order valence-electron chi connectivity index (χ4n) is 1.61. The fraction of sp³-hybridized carbons (Fsp3) is 0. The van der Waals surface area contributed by atoms with E-state index in [9.17, 15) is 19.0 Å². The third-order valence-corrected chi connectivity index (χ3v) is 3.06. The molecule has 2 N–H and O–H groups in total. The topological polar surface area (TPSA) is 80.6 Å². The van der Waals surface area contributed by atoms with Crippen molar-refractivity contribution in [3.63, 3.8) is 0 Å². The molecule has 2 aromatic carbocycles. The van der Waals surface area contributed by atoms with Crippen LogP contribution in [0.4, 0.5) is 0 Å². The average molecular weight is 249 g/mol. The Kier molecular flexibility index (Phi) is 3.12. The van der Waals surface area contributed by atoms with E-state index in [1.807, 2.05) is 0 Å². The van der Waals surface area contributed by atoms with E-state index in [4.69, 9.17) is 0 Å². The van der Waals surface area contributed by atoms with Crippen molar-refractivity contribution >= 4 is 11.1 Å². The lowest BCUT2D eigenvalue weighted by Gasteiger charge is -2.14. The van der Waals surface area contributed by atoms with Crippen molar-refractivity contribution < 1.29 is 19.0 Å². The number of hydrogen-bond acceptors (Lipinski definition) is 4. The lowest BCUT2D eigenvalue weighted by molar-refractivity contribution is 0.467. The second kappa shape index (κ2) is 4.57. The van der Waals surface area contributed by atoms with Gasteiger partial charge in [0.15, 0.2) is 0 Å². The minimum Gasteiger partial charge on any atom is -0.768 e. The van der Waals surface area contributed by atoms with E-state index in [0.29, 0.717) is 0 Å². The van der Waals surface area contributed by atoms with Gasteiger partial charge < -0.3 is 14.8 Å². The van der Waals surface area contributed by atoms with Crippen LogP contribution in [0.15, 0.2) is 47.4 Å². The van der Waals surface area contributed by atoms with Crippen molar-refractivity contribution in [3.05, 3.63) is 42.5 Å². The van der Waals surface area contributed by atoms with Gasteiger partial charge in [-0.1, -0.05) is 24.3 Å². The van der Waals surface area contributed by atoms with Gasteiger partial charge in [-0.2, -0.15) is 0 Å². The SMILES string of the molecule is O=S([O-])c1cccc(O)c1-c1ccccc1O. The highest BCUT2D eigenvalue weighted by atomic mass is 32.2. The first-order valence-electron chi connectivity index (χ1n) is 4.81. The van der Waals surface area contributed by atoms with Crippen LogP contribution in [0.3, 0.4) is 0 Å². The highest BCUT2D eigenvalue weighted by Gasteiger charge is 2.13. The Labute approximate surface area is 100 Å². The monoisotopic (exact) mass is 249 g/mol. The summed E-state index contributed by atoms with van der Waals surface area (Å²) in [5.74, 6) is -0.270. The fourth-order valence-corrected chi connectivity index (χ4v) is 2.19. The van der Waals surface area contributed by atoms with Crippen LogP contribution in [0, 0.1) is 0 Å². The minimum atomic E-state index is -2.48. The van der Waals surface area contributed by atoms with E-state index >= 15 is 0 Å². The minimum absolute atomic E-state index is 0.0495. The molecule has 17 heavy (non-hydrogen) atoms. The first kappa shape index (κ1) is 11.6. The summed E-state index contributed by atoms with van der Waals surface area (Å²) < 4.78 is 22.1. The molecule has 1 atom stereocenters. The van der Waals surface area contributed by atoms with Crippen LogP contribution in [0.25, 0.3) is 11.1 Å². The summed E-state index contributed by atoms with van der Waals surface area (Å²) in [5, 5.41) is 19.4. The summed E-state index contributed by atoms with van der Waals surface area (Å²) in [7, 11) is 0.